The Labute approximate surface area is 189 Å². The fourth-order valence-corrected chi connectivity index (χ4v) is 5.49. The van der Waals surface area contributed by atoms with E-state index in [4.69, 9.17) is 0 Å². The number of hydrogen-bond donors (Lipinski definition) is 0. The van der Waals surface area contributed by atoms with E-state index in [9.17, 15) is 9.18 Å². The van der Waals surface area contributed by atoms with Crippen LogP contribution in [-0.4, -0.2) is 41.4 Å². The highest BCUT2D eigenvalue weighted by atomic mass is 19.1. The van der Waals surface area contributed by atoms with Crippen LogP contribution in [0.4, 0.5) is 4.39 Å². The van der Waals surface area contributed by atoms with Crippen molar-refractivity contribution in [3.63, 3.8) is 0 Å². The lowest BCUT2D eigenvalue weighted by Gasteiger charge is -2.39. The second-order valence-electron chi connectivity index (χ2n) is 9.23. The second kappa shape index (κ2) is 8.87. The van der Waals surface area contributed by atoms with Crippen LogP contribution in [0.2, 0.25) is 0 Å². The molecule has 3 aromatic carbocycles. The lowest BCUT2D eigenvalue weighted by atomic mass is 9.81. The summed E-state index contributed by atoms with van der Waals surface area (Å²) < 4.78 is 13.7. The first-order chi connectivity index (χ1) is 15.6. The van der Waals surface area contributed by atoms with Gasteiger partial charge in [-0.05, 0) is 48.7 Å². The molecule has 0 bridgehead atoms. The van der Waals surface area contributed by atoms with E-state index in [-0.39, 0.29) is 17.8 Å². The molecule has 2 fully saturated rings. The first kappa shape index (κ1) is 20.9. The van der Waals surface area contributed by atoms with E-state index in [1.807, 2.05) is 36.4 Å². The van der Waals surface area contributed by atoms with Crippen molar-refractivity contribution < 1.29 is 9.18 Å². The molecule has 0 radical (unpaired) electrons. The van der Waals surface area contributed by atoms with Gasteiger partial charge in [-0.1, -0.05) is 60.2 Å². The Balaban J connectivity index is 1.41. The summed E-state index contributed by atoms with van der Waals surface area (Å²) in [7, 11) is 0. The number of likely N-dealkylation sites (tertiary alicyclic amines) is 2. The summed E-state index contributed by atoms with van der Waals surface area (Å²) in [5.41, 5.74) is 4.32. The first-order valence-corrected chi connectivity index (χ1v) is 11.5. The number of carbonyl (C=O) groups is 1. The van der Waals surface area contributed by atoms with Crippen molar-refractivity contribution in [3.8, 4) is 0 Å². The minimum atomic E-state index is -0.185. The van der Waals surface area contributed by atoms with Crippen LogP contribution in [-0.2, 0) is 6.54 Å². The molecule has 2 heterocycles. The Hall–Kier alpha value is -2.98. The highest BCUT2D eigenvalue weighted by Crippen LogP contribution is 2.42. The molecule has 2 saturated heterocycles. The zero-order valence-electron chi connectivity index (χ0n) is 18.5. The molecular formula is C28H29FN2O. The number of hydrogen-bond acceptors (Lipinski definition) is 2. The molecule has 32 heavy (non-hydrogen) atoms. The van der Waals surface area contributed by atoms with Crippen molar-refractivity contribution in [2.45, 2.75) is 31.8 Å². The number of aryl methyl sites for hydroxylation is 1. The first-order valence-electron chi connectivity index (χ1n) is 11.5. The van der Waals surface area contributed by atoms with Crippen LogP contribution < -0.4 is 0 Å². The molecule has 0 saturated carbocycles. The number of nitrogens with zero attached hydrogens (tertiary/aromatic N) is 2. The van der Waals surface area contributed by atoms with Gasteiger partial charge in [0.15, 0.2) is 0 Å². The number of piperidine rings is 1. The summed E-state index contributed by atoms with van der Waals surface area (Å²) in [5, 5.41) is 0. The van der Waals surface area contributed by atoms with Gasteiger partial charge in [0.2, 0.25) is 0 Å². The summed E-state index contributed by atoms with van der Waals surface area (Å²) >= 11 is 0. The number of rotatable bonds is 4. The van der Waals surface area contributed by atoms with Crippen molar-refractivity contribution in [3.05, 3.63) is 107 Å². The van der Waals surface area contributed by atoms with Crippen molar-refractivity contribution >= 4 is 5.91 Å². The molecule has 3 aromatic rings. The summed E-state index contributed by atoms with van der Waals surface area (Å²) in [6, 6.07) is 25.5. The van der Waals surface area contributed by atoms with Gasteiger partial charge in [0, 0.05) is 49.6 Å². The zero-order valence-corrected chi connectivity index (χ0v) is 18.5. The third kappa shape index (κ3) is 4.20. The Kier molecular flexibility index (Phi) is 5.79. The molecule has 5 rings (SSSR count). The number of fused-ring (bicyclic) bond motifs is 1. The highest BCUT2D eigenvalue weighted by molar-refractivity contribution is 5.94. The molecule has 4 heteroatoms. The van der Waals surface area contributed by atoms with Gasteiger partial charge in [0.25, 0.3) is 5.91 Å². The molecule has 0 N–H and O–H groups in total. The Morgan fingerprint density at radius 2 is 1.75 bits per heavy atom. The maximum atomic E-state index is 13.7. The summed E-state index contributed by atoms with van der Waals surface area (Å²) in [6.07, 6.45) is 0.945. The van der Waals surface area contributed by atoms with Crippen molar-refractivity contribution in [2.75, 3.05) is 19.6 Å². The molecule has 3 nitrogen and oxygen atoms in total. The quantitative estimate of drug-likeness (QED) is 0.566. The molecule has 0 spiro atoms. The Morgan fingerprint density at radius 3 is 2.50 bits per heavy atom. The van der Waals surface area contributed by atoms with Gasteiger partial charge in [0.1, 0.15) is 5.82 Å². The maximum absolute atomic E-state index is 13.7. The zero-order chi connectivity index (χ0) is 22.1. The molecule has 2 aliphatic heterocycles. The van der Waals surface area contributed by atoms with Gasteiger partial charge in [-0.2, -0.15) is 0 Å². The average Bonchev–Trinajstić information content (AvgIpc) is 3.18. The van der Waals surface area contributed by atoms with Crippen LogP contribution in [0.25, 0.3) is 0 Å². The van der Waals surface area contributed by atoms with E-state index in [1.54, 1.807) is 12.1 Å². The molecule has 1 amide bonds. The van der Waals surface area contributed by atoms with Gasteiger partial charge in [-0.25, -0.2) is 4.39 Å². The number of amides is 1. The van der Waals surface area contributed by atoms with Crippen LogP contribution in [0.1, 0.15) is 39.4 Å². The minimum Gasteiger partial charge on any atom is -0.335 e. The van der Waals surface area contributed by atoms with Crippen LogP contribution >= 0.6 is 0 Å². The Bertz CT molecular complexity index is 1080. The van der Waals surface area contributed by atoms with E-state index >= 15 is 0 Å². The van der Waals surface area contributed by atoms with Crippen LogP contribution in [0, 0.1) is 18.7 Å². The largest absolute Gasteiger partial charge is 0.335 e. The predicted molar refractivity (Wildman–Crippen MR) is 125 cm³/mol. The molecule has 164 valence electrons. The average molecular weight is 429 g/mol. The second-order valence-corrected chi connectivity index (χ2v) is 9.23. The van der Waals surface area contributed by atoms with Gasteiger partial charge in [-0.3, -0.25) is 9.69 Å². The fraction of sp³-hybridized carbons (Fsp3) is 0.321. The molecule has 2 aliphatic rings. The normalized spacial score (nSPS) is 23.2. The van der Waals surface area contributed by atoms with Crippen LogP contribution in [0.5, 0.6) is 0 Å². The van der Waals surface area contributed by atoms with Crippen LogP contribution in [0.3, 0.4) is 0 Å². The molecule has 0 aliphatic carbocycles. The van der Waals surface area contributed by atoms with E-state index in [1.165, 1.54) is 17.2 Å². The lowest BCUT2D eigenvalue weighted by Crippen LogP contribution is -2.47. The highest BCUT2D eigenvalue weighted by Gasteiger charge is 2.47. The van der Waals surface area contributed by atoms with E-state index < -0.39 is 0 Å². The van der Waals surface area contributed by atoms with Gasteiger partial charge in [-0.15, -0.1) is 0 Å². The van der Waals surface area contributed by atoms with Gasteiger partial charge in [0.05, 0.1) is 0 Å². The predicted octanol–water partition coefficient (Wildman–Crippen LogP) is 5.26. The number of halogens is 1. The number of carbonyl (C=O) groups excluding carboxylic acids is 1. The molecule has 0 unspecified atom stereocenters. The minimum absolute atomic E-state index is 0.133. The fourth-order valence-electron chi connectivity index (χ4n) is 5.49. The molecular weight excluding hydrogens is 399 g/mol. The molecule has 0 aromatic heterocycles. The van der Waals surface area contributed by atoms with Crippen LogP contribution in [0.15, 0.2) is 78.9 Å². The SMILES string of the molecule is Cc1ccc([C@H]2CN(C(=O)c3ccccc3)[C@@H]3CCN(Cc4cccc(F)c4)C[C@H]23)cc1. The topological polar surface area (TPSA) is 23.6 Å². The summed E-state index contributed by atoms with van der Waals surface area (Å²) in [5.74, 6) is 0.625. The van der Waals surface area contributed by atoms with E-state index in [2.05, 4.69) is 41.0 Å². The summed E-state index contributed by atoms with van der Waals surface area (Å²) in [6.45, 7) is 5.43. The third-order valence-corrected chi connectivity index (χ3v) is 7.10. The monoisotopic (exact) mass is 428 g/mol. The van der Waals surface area contributed by atoms with E-state index in [0.29, 0.717) is 11.8 Å². The summed E-state index contributed by atoms with van der Waals surface area (Å²) in [4.78, 5) is 18.0. The Morgan fingerprint density at radius 1 is 0.969 bits per heavy atom. The van der Waals surface area contributed by atoms with Crippen molar-refractivity contribution in [1.82, 2.24) is 9.80 Å². The lowest BCUT2D eigenvalue weighted by molar-refractivity contribution is 0.0614. The standard InChI is InChI=1S/C28H29FN2O/c1-20-10-12-22(13-11-20)25-19-31(28(32)23-7-3-2-4-8-23)27-14-15-30(18-26(25)27)17-21-6-5-9-24(29)16-21/h2-13,16,25-27H,14-15,17-19H2,1H3/t25-,26-,27-/m1/s1. The van der Waals surface area contributed by atoms with E-state index in [0.717, 1.165) is 43.7 Å². The number of benzene rings is 3. The third-order valence-electron chi connectivity index (χ3n) is 7.10. The van der Waals surface area contributed by atoms with Crippen molar-refractivity contribution in [1.29, 1.82) is 0 Å². The maximum Gasteiger partial charge on any atom is 0.254 e. The van der Waals surface area contributed by atoms with Crippen molar-refractivity contribution in [2.24, 2.45) is 5.92 Å². The molecule has 3 atom stereocenters. The van der Waals surface area contributed by atoms with Gasteiger partial charge >= 0.3 is 0 Å². The van der Waals surface area contributed by atoms with Gasteiger partial charge < -0.3 is 4.90 Å². The smallest absolute Gasteiger partial charge is 0.254 e.